The average Bonchev–Trinajstić information content (AvgIpc) is 3.72. The van der Waals surface area contributed by atoms with Crippen LogP contribution in [0.3, 0.4) is 0 Å². The van der Waals surface area contributed by atoms with Crippen LogP contribution in [0, 0.1) is 0 Å². The molecule has 2 N–H and O–H groups in total. The zero-order chi connectivity index (χ0) is 27.1. The maximum Gasteiger partial charge on any atom is 0.439 e. The molecule has 0 unspecified atom stereocenters. The summed E-state index contributed by atoms with van der Waals surface area (Å²) < 4.78 is 12.6. The van der Waals surface area contributed by atoms with Crippen LogP contribution in [0.25, 0.3) is 32.9 Å². The maximum atomic E-state index is 13.6. The molecule has 13 heteroatoms. The molecule has 0 radical (unpaired) electrons. The first-order valence-electron chi connectivity index (χ1n) is 12.7. The molecule has 5 aromatic rings. The summed E-state index contributed by atoms with van der Waals surface area (Å²) in [6, 6.07) is 11.5. The fraction of sp³-hybridized carbons (Fsp3) is 0.346. The molecule has 1 aliphatic heterocycles. The Balaban J connectivity index is 1.35. The molecule has 1 aliphatic rings. The van der Waals surface area contributed by atoms with Crippen molar-refractivity contribution >= 4 is 39.7 Å². The third kappa shape index (κ3) is 5.14. The Kier molecular flexibility index (Phi) is 6.83. The van der Waals surface area contributed by atoms with Crippen molar-refractivity contribution in [2.24, 2.45) is 0 Å². The van der Waals surface area contributed by atoms with Gasteiger partial charge in [0.1, 0.15) is 5.69 Å². The van der Waals surface area contributed by atoms with Crippen molar-refractivity contribution in [1.82, 2.24) is 35.3 Å². The number of aromatic amines is 1. The zero-order valence-corrected chi connectivity index (χ0v) is 22.9. The first kappa shape index (κ1) is 25.5. The van der Waals surface area contributed by atoms with Gasteiger partial charge in [0.25, 0.3) is 5.91 Å². The number of hydrogen-bond acceptors (Lipinski definition) is 9. The van der Waals surface area contributed by atoms with Crippen LogP contribution >= 0.6 is 22.9 Å². The van der Waals surface area contributed by atoms with Crippen LogP contribution in [0.15, 0.2) is 50.2 Å². The monoisotopic (exact) mass is 567 g/mol. The number of rotatable bonds is 7. The number of nitrogens with zero attached hydrogens (tertiary/aromatic N) is 5. The number of hydrogen-bond donors (Lipinski definition) is 2. The summed E-state index contributed by atoms with van der Waals surface area (Å²) in [6.45, 7) is 6.47. The van der Waals surface area contributed by atoms with Crippen LogP contribution in [0.4, 0.5) is 0 Å². The van der Waals surface area contributed by atoms with Gasteiger partial charge < -0.3 is 14.7 Å². The highest BCUT2D eigenvalue weighted by molar-refractivity contribution is 7.19. The Bertz CT molecular complexity index is 1690. The predicted molar refractivity (Wildman–Crippen MR) is 147 cm³/mol. The smallest absolute Gasteiger partial charge is 0.355 e. The van der Waals surface area contributed by atoms with Crippen molar-refractivity contribution in [3.8, 4) is 22.0 Å². The molecule has 0 atom stereocenters. The quantitative estimate of drug-likeness (QED) is 0.295. The fourth-order valence-corrected chi connectivity index (χ4v) is 5.96. The SMILES string of the molecule is CC(C)N1CCC(NC(=O)c2nn(Cc3cc(-c4ccc(Cl)s4)on3)c3cccc(-c4noc(=O)[nH]4)c23)CC1. The van der Waals surface area contributed by atoms with Gasteiger partial charge in [-0.25, -0.2) is 4.79 Å². The lowest BCUT2D eigenvalue weighted by Gasteiger charge is -2.34. The van der Waals surface area contributed by atoms with Gasteiger partial charge in [-0.15, -0.1) is 11.3 Å². The van der Waals surface area contributed by atoms with Crippen LogP contribution in [-0.2, 0) is 6.54 Å². The van der Waals surface area contributed by atoms with E-state index in [1.54, 1.807) is 16.8 Å². The molecular weight excluding hydrogens is 542 g/mol. The molecule has 1 fully saturated rings. The number of carbonyl (C=O) groups excluding carboxylic acids is 1. The number of fused-ring (bicyclic) bond motifs is 1. The van der Waals surface area contributed by atoms with Crippen molar-refractivity contribution in [3.63, 3.8) is 0 Å². The molecule has 0 bridgehead atoms. The van der Waals surface area contributed by atoms with E-state index in [9.17, 15) is 9.59 Å². The largest absolute Gasteiger partial charge is 0.439 e. The van der Waals surface area contributed by atoms with Gasteiger partial charge in [-0.1, -0.05) is 34.0 Å². The summed E-state index contributed by atoms with van der Waals surface area (Å²) in [7, 11) is 0. The van der Waals surface area contributed by atoms with Gasteiger partial charge in [-0.2, -0.15) is 5.10 Å². The third-order valence-electron chi connectivity index (χ3n) is 6.97. The molecule has 6 rings (SSSR count). The highest BCUT2D eigenvalue weighted by Crippen LogP contribution is 2.33. The summed E-state index contributed by atoms with van der Waals surface area (Å²) in [4.78, 5) is 31.2. The minimum atomic E-state index is -0.680. The number of carbonyl (C=O) groups is 1. The maximum absolute atomic E-state index is 13.6. The molecule has 1 aromatic carbocycles. The predicted octanol–water partition coefficient (Wildman–Crippen LogP) is 4.40. The average molecular weight is 568 g/mol. The fourth-order valence-electron chi connectivity index (χ4n) is 4.97. The molecule has 5 heterocycles. The third-order valence-corrected chi connectivity index (χ3v) is 8.22. The molecule has 1 saturated heterocycles. The zero-order valence-electron chi connectivity index (χ0n) is 21.3. The van der Waals surface area contributed by atoms with Crippen molar-refractivity contribution in [2.45, 2.75) is 45.3 Å². The van der Waals surface area contributed by atoms with E-state index >= 15 is 0 Å². The van der Waals surface area contributed by atoms with Gasteiger partial charge in [0.15, 0.2) is 17.3 Å². The number of likely N-dealkylation sites (tertiary alicyclic amines) is 1. The molecule has 11 nitrogen and oxygen atoms in total. The van der Waals surface area contributed by atoms with E-state index in [1.807, 2.05) is 24.3 Å². The molecule has 1 amide bonds. The number of nitrogens with one attached hydrogen (secondary N) is 2. The summed E-state index contributed by atoms with van der Waals surface area (Å²) in [5.41, 5.74) is 2.09. The Morgan fingerprint density at radius 2 is 2.03 bits per heavy atom. The van der Waals surface area contributed by atoms with Crippen LogP contribution in [-0.4, -0.2) is 61.1 Å². The van der Waals surface area contributed by atoms with Gasteiger partial charge >= 0.3 is 5.76 Å². The van der Waals surface area contributed by atoms with E-state index in [0.717, 1.165) is 30.8 Å². The van der Waals surface area contributed by atoms with Crippen molar-refractivity contribution in [1.29, 1.82) is 0 Å². The lowest BCUT2D eigenvalue weighted by molar-refractivity contribution is 0.0896. The first-order valence-corrected chi connectivity index (χ1v) is 13.9. The first-order chi connectivity index (χ1) is 18.9. The number of halogens is 1. The molecular formula is C26H26ClN7O4S. The number of benzene rings is 1. The van der Waals surface area contributed by atoms with Gasteiger partial charge in [-0.05, 0) is 44.9 Å². The minimum absolute atomic E-state index is 0.0439. The number of aromatic nitrogens is 5. The van der Waals surface area contributed by atoms with Gasteiger partial charge in [0.05, 0.1) is 21.3 Å². The molecule has 202 valence electrons. The highest BCUT2D eigenvalue weighted by atomic mass is 35.5. The summed E-state index contributed by atoms with van der Waals surface area (Å²) in [6.07, 6.45) is 1.72. The summed E-state index contributed by atoms with van der Waals surface area (Å²) >= 11 is 7.47. The second-order valence-corrected chi connectivity index (χ2v) is 11.5. The Morgan fingerprint density at radius 3 is 2.72 bits per heavy atom. The highest BCUT2D eigenvalue weighted by Gasteiger charge is 2.27. The normalized spacial score (nSPS) is 15.0. The number of H-pyrrole nitrogens is 1. The second kappa shape index (κ2) is 10.4. The molecule has 0 saturated carbocycles. The Labute approximate surface area is 231 Å². The molecule has 4 aromatic heterocycles. The topological polar surface area (TPSA) is 135 Å². The van der Waals surface area contributed by atoms with E-state index in [4.69, 9.17) is 25.7 Å². The Morgan fingerprint density at radius 1 is 1.21 bits per heavy atom. The lowest BCUT2D eigenvalue weighted by Crippen LogP contribution is -2.46. The minimum Gasteiger partial charge on any atom is -0.355 e. The lowest BCUT2D eigenvalue weighted by atomic mass is 10.0. The Hall–Kier alpha value is -3.74. The molecule has 0 aliphatic carbocycles. The van der Waals surface area contributed by atoms with Crippen molar-refractivity contribution in [2.75, 3.05) is 13.1 Å². The molecule has 0 spiro atoms. The van der Waals surface area contributed by atoms with Gasteiger partial charge in [0.2, 0.25) is 0 Å². The van der Waals surface area contributed by atoms with E-state index in [2.05, 4.69) is 39.4 Å². The number of amides is 1. The van der Waals surface area contributed by atoms with E-state index in [-0.39, 0.29) is 30.0 Å². The van der Waals surface area contributed by atoms with Crippen LogP contribution in [0.1, 0.15) is 42.9 Å². The number of thiophene rings is 1. The summed E-state index contributed by atoms with van der Waals surface area (Å²) in [5, 5.41) is 16.5. The van der Waals surface area contributed by atoms with Crippen molar-refractivity contribution < 1.29 is 13.8 Å². The van der Waals surface area contributed by atoms with Gasteiger partial charge in [-0.3, -0.25) is 19.0 Å². The van der Waals surface area contributed by atoms with E-state index in [0.29, 0.717) is 38.3 Å². The summed E-state index contributed by atoms with van der Waals surface area (Å²) in [5.74, 6) is -0.136. The second-order valence-electron chi connectivity index (χ2n) is 9.81. The van der Waals surface area contributed by atoms with Gasteiger partial charge in [0, 0.05) is 42.2 Å². The van der Waals surface area contributed by atoms with Crippen LogP contribution in [0.2, 0.25) is 4.34 Å². The standard InChI is InChI=1S/C26H26ClN7O4S/c1-14(2)33-10-8-15(9-11-33)28-25(35)23-22-17(24-29-26(36)38-32-24)4-3-5-18(22)34(30-23)13-16-12-19(37-31-16)20-6-7-21(27)39-20/h3-7,12,14-15H,8-11,13H2,1-2H3,(H,28,35)(H,29,32,36). The molecule has 39 heavy (non-hydrogen) atoms. The van der Waals surface area contributed by atoms with E-state index < -0.39 is 5.76 Å². The van der Waals surface area contributed by atoms with Crippen LogP contribution in [0.5, 0.6) is 0 Å². The van der Waals surface area contributed by atoms with Crippen molar-refractivity contribution in [3.05, 3.63) is 62.7 Å². The number of piperidine rings is 1. The van der Waals surface area contributed by atoms with E-state index in [1.165, 1.54) is 11.3 Å². The van der Waals surface area contributed by atoms with Crippen LogP contribution < -0.4 is 11.1 Å².